The van der Waals surface area contributed by atoms with Crippen molar-refractivity contribution < 1.29 is 34.5 Å². The molecule has 0 fully saturated rings. The number of aliphatic carboxylic acids is 1. The van der Waals surface area contributed by atoms with E-state index in [4.69, 9.17) is 17.2 Å². The topological polar surface area (TPSA) is 284 Å². The van der Waals surface area contributed by atoms with Gasteiger partial charge in [-0.25, -0.2) is 9.78 Å². The third kappa shape index (κ3) is 10.4. The molecule has 35 heavy (non-hydrogen) atoms. The molecule has 0 bridgehead atoms. The molecule has 3 amide bonds. The number of carboxylic acids is 1. The summed E-state index contributed by atoms with van der Waals surface area (Å²) in [4.78, 5) is 59.4. The van der Waals surface area contributed by atoms with Crippen LogP contribution in [0.5, 0.6) is 0 Å². The summed E-state index contributed by atoms with van der Waals surface area (Å²) < 4.78 is 0. The Labute approximate surface area is 200 Å². The zero-order valence-electron chi connectivity index (χ0n) is 19.2. The highest BCUT2D eigenvalue weighted by Gasteiger charge is 2.32. The van der Waals surface area contributed by atoms with E-state index in [1.165, 1.54) is 19.4 Å². The number of H-pyrrole nitrogens is 1. The summed E-state index contributed by atoms with van der Waals surface area (Å²) in [6.07, 6.45) is 1.78. The standard InChI is InChI=1S/C19H33N9O7/c1-9(30)14(18(34)35)28-16(32)12(5-10-6-23-8-25-10)26-17(33)13(7-29)27-15(31)11(20)3-2-4-24-19(21)22/h6,8-9,11-14,29-30H,2-5,7,20H2,1H3,(H,23,25)(H,26,33)(H,27,31)(H,28,32)(H,34,35)(H4,21,22,24). The highest BCUT2D eigenvalue weighted by Crippen LogP contribution is 2.03. The number of hydrogen-bond acceptors (Lipinski definition) is 9. The maximum atomic E-state index is 12.7. The maximum Gasteiger partial charge on any atom is 0.328 e. The van der Waals surface area contributed by atoms with Crippen molar-refractivity contribution in [2.45, 2.75) is 56.5 Å². The Morgan fingerprint density at radius 2 is 1.74 bits per heavy atom. The van der Waals surface area contributed by atoms with E-state index in [0.29, 0.717) is 12.1 Å². The molecule has 16 nitrogen and oxygen atoms in total. The van der Waals surface area contributed by atoms with Crippen LogP contribution in [-0.4, -0.2) is 98.4 Å². The van der Waals surface area contributed by atoms with Crippen molar-refractivity contribution in [1.82, 2.24) is 25.9 Å². The number of guanidine groups is 1. The first kappa shape index (κ1) is 29.3. The van der Waals surface area contributed by atoms with Crippen LogP contribution in [0.2, 0.25) is 0 Å². The first-order valence-corrected chi connectivity index (χ1v) is 10.7. The molecule has 0 saturated carbocycles. The molecule has 1 aromatic rings. The number of carbonyl (C=O) groups is 4. The van der Waals surface area contributed by atoms with Gasteiger partial charge in [-0.3, -0.25) is 19.4 Å². The van der Waals surface area contributed by atoms with Crippen LogP contribution in [0.3, 0.4) is 0 Å². The summed E-state index contributed by atoms with van der Waals surface area (Å²) in [6.45, 7) is 0.628. The Balaban J connectivity index is 2.85. The van der Waals surface area contributed by atoms with Gasteiger partial charge in [0.25, 0.3) is 0 Å². The van der Waals surface area contributed by atoms with E-state index < -0.39 is 60.6 Å². The van der Waals surface area contributed by atoms with Crippen LogP contribution in [0.1, 0.15) is 25.5 Å². The summed E-state index contributed by atoms with van der Waals surface area (Å²) in [5, 5.41) is 35.3. The van der Waals surface area contributed by atoms with Gasteiger partial charge in [0.1, 0.15) is 12.1 Å². The van der Waals surface area contributed by atoms with Crippen molar-refractivity contribution in [1.29, 1.82) is 0 Å². The van der Waals surface area contributed by atoms with Gasteiger partial charge in [0.05, 0.1) is 25.1 Å². The van der Waals surface area contributed by atoms with Gasteiger partial charge in [0, 0.05) is 24.9 Å². The lowest BCUT2D eigenvalue weighted by molar-refractivity contribution is -0.145. The van der Waals surface area contributed by atoms with Gasteiger partial charge in [-0.2, -0.15) is 0 Å². The minimum atomic E-state index is -1.63. The monoisotopic (exact) mass is 499 g/mol. The molecule has 0 radical (unpaired) electrons. The zero-order chi connectivity index (χ0) is 26.5. The molecule has 0 aliphatic carbocycles. The molecule has 13 N–H and O–H groups in total. The van der Waals surface area contributed by atoms with Gasteiger partial charge in [-0.05, 0) is 19.8 Å². The van der Waals surface area contributed by atoms with E-state index in [9.17, 15) is 34.5 Å². The molecule has 1 aromatic heterocycles. The number of aliphatic hydroxyl groups is 2. The molecule has 16 heteroatoms. The zero-order valence-corrected chi connectivity index (χ0v) is 19.2. The normalized spacial score (nSPS) is 15.1. The number of aliphatic imine (C=N–C) groups is 1. The molecule has 5 atom stereocenters. The molecule has 1 rings (SSSR count). The van der Waals surface area contributed by atoms with Crippen LogP contribution in [0.25, 0.3) is 0 Å². The van der Waals surface area contributed by atoms with Gasteiger partial charge in [0.15, 0.2) is 12.0 Å². The van der Waals surface area contributed by atoms with Gasteiger partial charge in [-0.15, -0.1) is 0 Å². The average Bonchev–Trinajstić information content (AvgIpc) is 3.30. The van der Waals surface area contributed by atoms with Gasteiger partial charge >= 0.3 is 5.97 Å². The van der Waals surface area contributed by atoms with Crippen molar-refractivity contribution in [3.63, 3.8) is 0 Å². The summed E-state index contributed by atoms with van der Waals surface area (Å²) in [5.41, 5.74) is 16.7. The molecule has 196 valence electrons. The third-order valence-electron chi connectivity index (χ3n) is 4.78. The van der Waals surface area contributed by atoms with E-state index in [0.717, 1.165) is 0 Å². The van der Waals surface area contributed by atoms with Crippen molar-refractivity contribution in [2.75, 3.05) is 13.2 Å². The van der Waals surface area contributed by atoms with Crippen LogP contribution >= 0.6 is 0 Å². The van der Waals surface area contributed by atoms with E-state index in [-0.39, 0.29) is 25.3 Å². The molecule has 0 spiro atoms. The molecule has 5 unspecified atom stereocenters. The fourth-order valence-corrected chi connectivity index (χ4v) is 2.86. The van der Waals surface area contributed by atoms with E-state index in [1.807, 2.05) is 0 Å². The molecular weight excluding hydrogens is 466 g/mol. The second-order valence-corrected chi connectivity index (χ2v) is 7.71. The quantitative estimate of drug-likeness (QED) is 0.0620. The first-order chi connectivity index (χ1) is 16.5. The first-order valence-electron chi connectivity index (χ1n) is 10.7. The predicted octanol–water partition coefficient (Wildman–Crippen LogP) is -4.75. The van der Waals surface area contributed by atoms with Gasteiger partial charge in [0.2, 0.25) is 17.7 Å². The van der Waals surface area contributed by atoms with Crippen LogP contribution < -0.4 is 33.2 Å². The van der Waals surface area contributed by atoms with Crippen molar-refractivity contribution in [2.24, 2.45) is 22.2 Å². The van der Waals surface area contributed by atoms with Crippen molar-refractivity contribution >= 4 is 29.7 Å². The van der Waals surface area contributed by atoms with Crippen LogP contribution in [-0.2, 0) is 25.6 Å². The molecule has 0 aliphatic heterocycles. The highest BCUT2D eigenvalue weighted by molar-refractivity contribution is 5.94. The van der Waals surface area contributed by atoms with Crippen molar-refractivity contribution in [3.8, 4) is 0 Å². The SMILES string of the molecule is CC(O)C(NC(=O)C(Cc1cnc[nH]1)NC(=O)C(CO)NC(=O)C(N)CCCN=C(N)N)C(=O)O. The van der Waals surface area contributed by atoms with Gasteiger partial charge in [-0.1, -0.05) is 0 Å². The lowest BCUT2D eigenvalue weighted by atomic mass is 10.1. The lowest BCUT2D eigenvalue weighted by Gasteiger charge is -2.25. The number of aromatic amines is 1. The highest BCUT2D eigenvalue weighted by atomic mass is 16.4. The van der Waals surface area contributed by atoms with Gasteiger partial charge < -0.3 is 53.5 Å². The Morgan fingerprint density at radius 3 is 2.26 bits per heavy atom. The Kier molecular flexibility index (Phi) is 12.1. The molecule has 0 aliphatic rings. The lowest BCUT2D eigenvalue weighted by Crippen LogP contribution is -2.59. The molecule has 1 heterocycles. The number of aromatic nitrogens is 2. The maximum absolute atomic E-state index is 12.7. The number of amides is 3. The molecule has 0 saturated heterocycles. The fraction of sp³-hybridized carbons (Fsp3) is 0.579. The second kappa shape index (κ2) is 14.5. The summed E-state index contributed by atoms with van der Waals surface area (Å²) in [7, 11) is 0. The van der Waals surface area contributed by atoms with E-state index in [2.05, 4.69) is 30.9 Å². The largest absolute Gasteiger partial charge is 0.480 e. The Morgan fingerprint density at radius 1 is 1.11 bits per heavy atom. The average molecular weight is 500 g/mol. The summed E-state index contributed by atoms with van der Waals surface area (Å²) >= 11 is 0. The number of rotatable bonds is 15. The molecular formula is C19H33N9O7. The fourth-order valence-electron chi connectivity index (χ4n) is 2.86. The number of carboxylic acid groups (broad SMARTS) is 1. The predicted molar refractivity (Wildman–Crippen MR) is 122 cm³/mol. The van der Waals surface area contributed by atoms with E-state index >= 15 is 0 Å². The minimum absolute atomic E-state index is 0.100. The number of imidazole rings is 1. The number of nitrogens with one attached hydrogen (secondary N) is 4. The van der Waals surface area contributed by atoms with E-state index in [1.54, 1.807) is 0 Å². The number of hydrogen-bond donors (Lipinski definition) is 10. The Bertz CT molecular complexity index is 872. The third-order valence-corrected chi connectivity index (χ3v) is 4.78. The smallest absolute Gasteiger partial charge is 0.328 e. The number of aliphatic hydroxyl groups excluding tert-OH is 2. The number of carbonyl (C=O) groups excluding carboxylic acids is 3. The Hall–Kier alpha value is -3.76. The minimum Gasteiger partial charge on any atom is -0.480 e. The second-order valence-electron chi connectivity index (χ2n) is 7.71. The molecule has 0 aromatic carbocycles. The van der Waals surface area contributed by atoms with Crippen LogP contribution in [0.15, 0.2) is 17.5 Å². The van der Waals surface area contributed by atoms with Crippen LogP contribution in [0, 0.1) is 0 Å². The summed E-state index contributed by atoms with van der Waals surface area (Å²) in [6, 6.07) is -5.43. The summed E-state index contributed by atoms with van der Waals surface area (Å²) in [5.74, 6) is -4.14. The number of nitrogens with two attached hydrogens (primary N) is 3. The number of nitrogens with zero attached hydrogens (tertiary/aromatic N) is 2. The van der Waals surface area contributed by atoms with Crippen LogP contribution in [0.4, 0.5) is 0 Å². The van der Waals surface area contributed by atoms with Crippen molar-refractivity contribution in [3.05, 3.63) is 18.2 Å².